The fourth-order valence-corrected chi connectivity index (χ4v) is 3.88. The number of nitrogens with two attached hydrogens (primary N) is 1. The van der Waals surface area contributed by atoms with E-state index in [-0.39, 0.29) is 11.9 Å². The lowest BCUT2D eigenvalue weighted by atomic mass is 10.0. The number of thiophene rings is 1. The van der Waals surface area contributed by atoms with Crippen LogP contribution in [-0.4, -0.2) is 4.98 Å². The highest BCUT2D eigenvalue weighted by atomic mass is 32.1. The SMILES string of the molecule is Cc1ccc([C@@H]([NH2+]Cc2ncc(-c3ccc(F)cc3)o2)c2cccs2)cc1. The first-order valence-corrected chi connectivity index (χ1v) is 9.71. The molecule has 4 rings (SSSR count). The third-order valence-electron chi connectivity index (χ3n) is 4.50. The minimum Gasteiger partial charge on any atom is -0.435 e. The maximum absolute atomic E-state index is 13.1. The average molecular weight is 379 g/mol. The Balaban J connectivity index is 1.51. The number of rotatable bonds is 6. The monoisotopic (exact) mass is 379 g/mol. The standard InChI is InChI=1S/C22H19FN2OS/c1-15-4-6-17(7-5-15)22(20-3-2-12-27-20)25-14-21-24-13-19(26-21)16-8-10-18(23)11-9-16/h2-13,22,25H,14H2,1H3/p+1/t22-/m1/s1. The summed E-state index contributed by atoms with van der Waals surface area (Å²) in [5.74, 6) is 1.05. The van der Waals surface area contributed by atoms with E-state index in [0.717, 1.165) is 5.56 Å². The summed E-state index contributed by atoms with van der Waals surface area (Å²) in [5.41, 5.74) is 3.33. The Bertz CT molecular complexity index is 992. The van der Waals surface area contributed by atoms with Crippen molar-refractivity contribution in [2.45, 2.75) is 19.5 Å². The van der Waals surface area contributed by atoms with Crippen molar-refractivity contribution in [3.8, 4) is 11.3 Å². The Morgan fingerprint density at radius 2 is 1.85 bits per heavy atom. The Hall–Kier alpha value is -2.76. The highest BCUT2D eigenvalue weighted by Gasteiger charge is 2.20. The van der Waals surface area contributed by atoms with E-state index in [1.807, 2.05) is 0 Å². The molecule has 0 fully saturated rings. The lowest BCUT2D eigenvalue weighted by molar-refractivity contribution is -0.703. The summed E-state index contributed by atoms with van der Waals surface area (Å²) in [6.45, 7) is 2.72. The summed E-state index contributed by atoms with van der Waals surface area (Å²) in [4.78, 5) is 5.68. The van der Waals surface area contributed by atoms with Crippen molar-refractivity contribution in [1.82, 2.24) is 4.98 Å². The molecule has 0 aliphatic rings. The van der Waals surface area contributed by atoms with Gasteiger partial charge in [-0.2, -0.15) is 0 Å². The molecule has 3 nitrogen and oxygen atoms in total. The van der Waals surface area contributed by atoms with Crippen LogP contribution in [0.3, 0.4) is 0 Å². The van der Waals surface area contributed by atoms with Crippen molar-refractivity contribution in [2.24, 2.45) is 0 Å². The maximum Gasteiger partial charge on any atom is 0.250 e. The van der Waals surface area contributed by atoms with Crippen LogP contribution < -0.4 is 5.32 Å². The van der Waals surface area contributed by atoms with Gasteiger partial charge in [-0.1, -0.05) is 35.9 Å². The Morgan fingerprint density at radius 1 is 1.07 bits per heavy atom. The van der Waals surface area contributed by atoms with E-state index >= 15 is 0 Å². The van der Waals surface area contributed by atoms with Gasteiger partial charge in [0.2, 0.25) is 0 Å². The molecule has 0 aliphatic carbocycles. The molecule has 0 amide bonds. The highest BCUT2D eigenvalue weighted by molar-refractivity contribution is 7.10. The van der Waals surface area contributed by atoms with E-state index < -0.39 is 0 Å². The number of hydrogen-bond donors (Lipinski definition) is 1. The zero-order valence-corrected chi connectivity index (χ0v) is 15.7. The van der Waals surface area contributed by atoms with Crippen molar-refractivity contribution in [1.29, 1.82) is 0 Å². The number of aromatic nitrogens is 1. The first kappa shape index (κ1) is 17.6. The Labute approximate surface area is 161 Å². The van der Waals surface area contributed by atoms with Crippen molar-refractivity contribution in [3.05, 3.63) is 100.0 Å². The quantitative estimate of drug-likeness (QED) is 0.527. The van der Waals surface area contributed by atoms with Crippen LogP contribution >= 0.6 is 11.3 Å². The average Bonchev–Trinajstić information content (AvgIpc) is 3.36. The van der Waals surface area contributed by atoms with Crippen LogP contribution in [0.2, 0.25) is 0 Å². The van der Waals surface area contributed by atoms with Crippen LogP contribution in [0.25, 0.3) is 11.3 Å². The van der Waals surface area contributed by atoms with Gasteiger partial charge in [-0.25, -0.2) is 9.37 Å². The summed E-state index contributed by atoms with van der Waals surface area (Å²) >= 11 is 1.75. The van der Waals surface area contributed by atoms with Gasteiger partial charge in [0.25, 0.3) is 5.89 Å². The second-order valence-corrected chi connectivity index (χ2v) is 7.45. The number of aryl methyl sites for hydroxylation is 1. The molecule has 27 heavy (non-hydrogen) atoms. The minimum absolute atomic E-state index is 0.201. The van der Waals surface area contributed by atoms with Gasteiger partial charge in [0.1, 0.15) is 11.9 Å². The van der Waals surface area contributed by atoms with E-state index in [9.17, 15) is 4.39 Å². The number of oxazole rings is 1. The van der Waals surface area contributed by atoms with Gasteiger partial charge in [-0.3, -0.25) is 0 Å². The molecule has 2 aromatic heterocycles. The molecule has 4 aromatic rings. The Morgan fingerprint density at radius 3 is 2.56 bits per heavy atom. The molecule has 2 aromatic carbocycles. The van der Waals surface area contributed by atoms with Crippen LogP contribution in [0.15, 0.2) is 76.7 Å². The highest BCUT2D eigenvalue weighted by Crippen LogP contribution is 2.24. The number of benzene rings is 2. The van der Waals surface area contributed by atoms with Crippen molar-refractivity contribution < 1.29 is 14.1 Å². The van der Waals surface area contributed by atoms with Crippen LogP contribution in [0.4, 0.5) is 4.39 Å². The normalized spacial score (nSPS) is 12.2. The molecular weight excluding hydrogens is 359 g/mol. The zero-order chi connectivity index (χ0) is 18.6. The summed E-state index contributed by atoms with van der Waals surface area (Å²) in [6, 6.07) is 19.3. The summed E-state index contributed by atoms with van der Waals surface area (Å²) in [7, 11) is 0. The van der Waals surface area contributed by atoms with E-state index in [2.05, 4.69) is 59.0 Å². The molecule has 5 heteroatoms. The van der Waals surface area contributed by atoms with Gasteiger partial charge in [-0.15, -0.1) is 11.3 Å². The molecule has 0 unspecified atom stereocenters. The molecule has 1 atom stereocenters. The minimum atomic E-state index is -0.260. The summed E-state index contributed by atoms with van der Waals surface area (Å²) < 4.78 is 19.0. The molecule has 0 radical (unpaired) electrons. The van der Waals surface area contributed by atoms with Gasteiger partial charge in [-0.05, 0) is 42.6 Å². The molecule has 0 aliphatic heterocycles. The number of halogens is 1. The lowest BCUT2D eigenvalue weighted by Crippen LogP contribution is -2.83. The van der Waals surface area contributed by atoms with Crippen molar-refractivity contribution >= 4 is 11.3 Å². The molecule has 136 valence electrons. The van der Waals surface area contributed by atoms with Gasteiger partial charge >= 0.3 is 0 Å². The third kappa shape index (κ3) is 4.15. The molecule has 0 saturated carbocycles. The predicted octanol–water partition coefficient (Wildman–Crippen LogP) is 4.70. The van der Waals surface area contributed by atoms with Gasteiger partial charge < -0.3 is 9.73 Å². The topological polar surface area (TPSA) is 42.6 Å². The van der Waals surface area contributed by atoms with Crippen LogP contribution in [0.1, 0.15) is 27.9 Å². The summed E-state index contributed by atoms with van der Waals surface area (Å²) in [5, 5.41) is 4.33. The first-order chi connectivity index (χ1) is 13.2. The second kappa shape index (κ2) is 7.86. The second-order valence-electron chi connectivity index (χ2n) is 6.47. The van der Waals surface area contributed by atoms with E-state index in [0.29, 0.717) is 18.2 Å². The smallest absolute Gasteiger partial charge is 0.250 e. The van der Waals surface area contributed by atoms with Crippen LogP contribution in [0, 0.1) is 12.7 Å². The number of quaternary nitrogens is 1. The fraction of sp³-hybridized carbons (Fsp3) is 0.136. The van der Waals surface area contributed by atoms with Gasteiger partial charge in [0, 0.05) is 11.1 Å². The van der Waals surface area contributed by atoms with Gasteiger partial charge in [0.05, 0.1) is 11.1 Å². The Kier molecular flexibility index (Phi) is 5.14. The summed E-state index contributed by atoms with van der Waals surface area (Å²) in [6.07, 6.45) is 1.70. The third-order valence-corrected chi connectivity index (χ3v) is 5.45. The van der Waals surface area contributed by atoms with E-state index in [4.69, 9.17) is 4.42 Å². The van der Waals surface area contributed by atoms with E-state index in [1.165, 1.54) is 28.1 Å². The zero-order valence-electron chi connectivity index (χ0n) is 14.9. The predicted molar refractivity (Wildman–Crippen MR) is 105 cm³/mol. The van der Waals surface area contributed by atoms with Crippen molar-refractivity contribution in [3.63, 3.8) is 0 Å². The molecule has 0 saturated heterocycles. The first-order valence-electron chi connectivity index (χ1n) is 8.83. The van der Waals surface area contributed by atoms with Crippen molar-refractivity contribution in [2.75, 3.05) is 0 Å². The van der Waals surface area contributed by atoms with Gasteiger partial charge in [0.15, 0.2) is 12.3 Å². The molecule has 2 heterocycles. The number of nitrogens with zero attached hydrogens (tertiary/aromatic N) is 1. The lowest BCUT2D eigenvalue weighted by Gasteiger charge is -2.14. The largest absolute Gasteiger partial charge is 0.435 e. The van der Waals surface area contributed by atoms with E-state index in [1.54, 1.807) is 29.7 Å². The molecular formula is C22H20FN2OS+. The molecule has 0 bridgehead atoms. The van der Waals surface area contributed by atoms with Crippen LogP contribution in [-0.2, 0) is 6.54 Å². The molecule has 2 N–H and O–H groups in total. The fourth-order valence-electron chi connectivity index (χ4n) is 3.03. The van der Waals surface area contributed by atoms with Crippen LogP contribution in [0.5, 0.6) is 0 Å². The molecule has 0 spiro atoms. The number of hydrogen-bond acceptors (Lipinski definition) is 3. The maximum atomic E-state index is 13.1.